The van der Waals surface area contributed by atoms with Gasteiger partial charge in [-0.15, -0.1) is 11.3 Å². The second-order valence-corrected chi connectivity index (χ2v) is 9.68. The Bertz CT molecular complexity index is 723. The summed E-state index contributed by atoms with van der Waals surface area (Å²) in [5.74, 6) is 2.39. The van der Waals surface area contributed by atoms with Crippen molar-refractivity contribution in [3.8, 4) is 0 Å². The molecule has 2 aliphatic carbocycles. The quantitative estimate of drug-likeness (QED) is 0.765. The zero-order valence-electron chi connectivity index (χ0n) is 15.6. The van der Waals surface area contributed by atoms with Gasteiger partial charge in [-0.05, 0) is 67.4 Å². The number of aromatic nitrogens is 2. The molecule has 0 amide bonds. The van der Waals surface area contributed by atoms with Crippen LogP contribution in [0.3, 0.4) is 0 Å². The maximum absolute atomic E-state index is 6.46. The van der Waals surface area contributed by atoms with Crippen LogP contribution in [0.1, 0.15) is 42.2 Å². The van der Waals surface area contributed by atoms with Gasteiger partial charge in [0, 0.05) is 37.3 Å². The standard InChI is InChI=1S/C21H29N3OS/c1-15-9-22-24(10-15)20-7-17-11-23(13-19-3-2-6-26-19)12-18(17)8-21(20)25-14-16-4-5-16/h2-3,6,9-10,16-18,20-21H,4-5,7-8,11-14H2,1H3/t17-,18+,20-,21-/m0/s1. The van der Waals surface area contributed by atoms with E-state index in [0.717, 1.165) is 30.9 Å². The number of nitrogens with zero attached hydrogens (tertiary/aromatic N) is 3. The highest BCUT2D eigenvalue weighted by molar-refractivity contribution is 7.09. The van der Waals surface area contributed by atoms with E-state index >= 15 is 0 Å². The molecule has 0 unspecified atom stereocenters. The molecule has 26 heavy (non-hydrogen) atoms. The molecule has 0 spiro atoms. The van der Waals surface area contributed by atoms with Gasteiger partial charge in [-0.1, -0.05) is 6.07 Å². The second kappa shape index (κ2) is 7.10. The molecule has 2 aromatic rings. The van der Waals surface area contributed by atoms with Crippen molar-refractivity contribution >= 4 is 11.3 Å². The van der Waals surface area contributed by atoms with Crippen molar-refractivity contribution in [2.75, 3.05) is 19.7 Å². The summed E-state index contributed by atoms with van der Waals surface area (Å²) in [5.41, 5.74) is 1.25. The molecule has 0 radical (unpaired) electrons. The SMILES string of the molecule is Cc1cnn([C@H]2C[C@H]3CN(Cc4cccs4)C[C@H]3C[C@@H]2OCC2CC2)c1. The highest BCUT2D eigenvalue weighted by atomic mass is 32.1. The number of hydrogen-bond acceptors (Lipinski definition) is 4. The summed E-state index contributed by atoms with van der Waals surface area (Å²) in [6.07, 6.45) is 9.65. The van der Waals surface area contributed by atoms with Gasteiger partial charge >= 0.3 is 0 Å². The summed E-state index contributed by atoms with van der Waals surface area (Å²) in [7, 11) is 0. The Morgan fingerprint density at radius 1 is 1.23 bits per heavy atom. The summed E-state index contributed by atoms with van der Waals surface area (Å²) in [5, 5.41) is 6.84. The smallest absolute Gasteiger partial charge is 0.0802 e. The van der Waals surface area contributed by atoms with Crippen LogP contribution >= 0.6 is 11.3 Å². The Balaban J connectivity index is 1.29. The van der Waals surface area contributed by atoms with E-state index in [1.807, 2.05) is 17.5 Å². The van der Waals surface area contributed by atoms with E-state index < -0.39 is 0 Å². The minimum Gasteiger partial charge on any atom is -0.376 e. The van der Waals surface area contributed by atoms with Crippen LogP contribution in [-0.4, -0.2) is 40.5 Å². The van der Waals surface area contributed by atoms with Crippen molar-refractivity contribution in [2.45, 2.75) is 51.3 Å². The predicted molar refractivity (Wildman–Crippen MR) is 104 cm³/mol. The van der Waals surface area contributed by atoms with Gasteiger partial charge in [0.05, 0.1) is 18.3 Å². The van der Waals surface area contributed by atoms with Crippen LogP contribution in [0.25, 0.3) is 0 Å². The molecule has 0 aromatic carbocycles. The maximum atomic E-state index is 6.46. The zero-order valence-corrected chi connectivity index (χ0v) is 16.4. The van der Waals surface area contributed by atoms with Crippen LogP contribution in [0.2, 0.25) is 0 Å². The molecular weight excluding hydrogens is 342 g/mol. The Labute approximate surface area is 160 Å². The molecule has 2 saturated carbocycles. The highest BCUT2D eigenvalue weighted by Crippen LogP contribution is 2.43. The second-order valence-electron chi connectivity index (χ2n) is 8.65. The minimum atomic E-state index is 0.331. The number of aryl methyl sites for hydroxylation is 1. The molecule has 1 saturated heterocycles. The molecule has 2 aromatic heterocycles. The number of fused-ring (bicyclic) bond motifs is 1. The van der Waals surface area contributed by atoms with Gasteiger partial charge in [0.25, 0.3) is 0 Å². The summed E-state index contributed by atoms with van der Waals surface area (Å²) in [4.78, 5) is 4.15. The first kappa shape index (κ1) is 17.0. The van der Waals surface area contributed by atoms with Crippen LogP contribution in [0.4, 0.5) is 0 Å². The Morgan fingerprint density at radius 3 is 2.77 bits per heavy atom. The lowest BCUT2D eigenvalue weighted by Gasteiger charge is -2.38. The van der Waals surface area contributed by atoms with Crippen molar-refractivity contribution in [3.05, 3.63) is 40.3 Å². The van der Waals surface area contributed by atoms with Gasteiger partial charge in [-0.25, -0.2) is 0 Å². The zero-order chi connectivity index (χ0) is 17.5. The first-order valence-electron chi connectivity index (χ1n) is 10.1. The Morgan fingerprint density at radius 2 is 2.08 bits per heavy atom. The lowest BCUT2D eigenvalue weighted by molar-refractivity contribution is -0.0371. The van der Waals surface area contributed by atoms with Gasteiger partial charge < -0.3 is 4.74 Å². The third kappa shape index (κ3) is 3.62. The van der Waals surface area contributed by atoms with Crippen LogP contribution in [-0.2, 0) is 11.3 Å². The van der Waals surface area contributed by atoms with Crippen LogP contribution in [0.5, 0.6) is 0 Å². The molecule has 0 N–H and O–H groups in total. The van der Waals surface area contributed by atoms with E-state index in [1.165, 1.54) is 49.2 Å². The summed E-state index contributed by atoms with van der Waals surface area (Å²) in [6.45, 7) is 6.67. The van der Waals surface area contributed by atoms with Gasteiger partial charge in [-0.2, -0.15) is 5.10 Å². The summed E-state index contributed by atoms with van der Waals surface area (Å²) >= 11 is 1.88. The molecule has 140 valence electrons. The van der Waals surface area contributed by atoms with Crippen LogP contribution in [0.15, 0.2) is 29.9 Å². The van der Waals surface area contributed by atoms with Crippen molar-refractivity contribution in [2.24, 2.45) is 17.8 Å². The first-order chi connectivity index (χ1) is 12.7. The average Bonchev–Trinajstić information content (AvgIpc) is 2.98. The summed E-state index contributed by atoms with van der Waals surface area (Å²) in [6, 6.07) is 4.84. The van der Waals surface area contributed by atoms with Gasteiger partial charge in [-0.3, -0.25) is 9.58 Å². The van der Waals surface area contributed by atoms with E-state index in [0.29, 0.717) is 12.1 Å². The van der Waals surface area contributed by atoms with Crippen molar-refractivity contribution in [1.82, 2.24) is 14.7 Å². The maximum Gasteiger partial charge on any atom is 0.0802 e. The van der Waals surface area contributed by atoms with Crippen molar-refractivity contribution < 1.29 is 4.74 Å². The number of hydrogen-bond donors (Lipinski definition) is 0. The van der Waals surface area contributed by atoms with Crippen LogP contribution in [0, 0.1) is 24.7 Å². The van der Waals surface area contributed by atoms with Gasteiger partial charge in [0.1, 0.15) is 0 Å². The fourth-order valence-corrected chi connectivity index (χ4v) is 5.60. The third-order valence-corrected chi connectivity index (χ3v) is 7.29. The molecule has 5 heteroatoms. The normalized spacial score (nSPS) is 32.0. The van der Waals surface area contributed by atoms with E-state index in [1.54, 1.807) is 0 Å². The monoisotopic (exact) mass is 371 g/mol. The highest BCUT2D eigenvalue weighted by Gasteiger charge is 2.44. The fourth-order valence-electron chi connectivity index (χ4n) is 4.86. The van der Waals surface area contributed by atoms with E-state index in [9.17, 15) is 0 Å². The molecule has 3 aliphatic rings. The molecule has 4 atom stereocenters. The largest absolute Gasteiger partial charge is 0.376 e. The Hall–Kier alpha value is -1.17. The molecule has 5 rings (SSSR count). The summed E-state index contributed by atoms with van der Waals surface area (Å²) < 4.78 is 8.65. The molecular formula is C21H29N3OS. The van der Waals surface area contributed by atoms with E-state index in [2.05, 4.69) is 45.3 Å². The molecule has 1 aliphatic heterocycles. The van der Waals surface area contributed by atoms with Gasteiger partial charge in [0.2, 0.25) is 0 Å². The van der Waals surface area contributed by atoms with Crippen molar-refractivity contribution in [1.29, 1.82) is 0 Å². The lowest BCUT2D eigenvalue weighted by atomic mass is 9.77. The fraction of sp³-hybridized carbons (Fsp3) is 0.667. The number of rotatable bonds is 6. The molecule has 3 fully saturated rings. The topological polar surface area (TPSA) is 30.3 Å². The van der Waals surface area contributed by atoms with Crippen molar-refractivity contribution in [3.63, 3.8) is 0 Å². The Kier molecular flexibility index (Phi) is 4.63. The number of thiophene rings is 1. The molecule has 3 heterocycles. The molecule has 4 nitrogen and oxygen atoms in total. The molecule has 0 bridgehead atoms. The van der Waals surface area contributed by atoms with E-state index in [-0.39, 0.29) is 0 Å². The van der Waals surface area contributed by atoms with E-state index in [4.69, 9.17) is 4.74 Å². The van der Waals surface area contributed by atoms with Gasteiger partial charge in [0.15, 0.2) is 0 Å². The number of ether oxygens (including phenoxy) is 1. The average molecular weight is 372 g/mol. The third-order valence-electron chi connectivity index (χ3n) is 6.43. The predicted octanol–water partition coefficient (Wildman–Crippen LogP) is 4.13. The number of likely N-dealkylation sites (tertiary alicyclic amines) is 1. The van der Waals surface area contributed by atoms with Crippen LogP contribution < -0.4 is 0 Å². The lowest BCUT2D eigenvalue weighted by Crippen LogP contribution is -2.38. The first-order valence-corrected chi connectivity index (χ1v) is 11.0. The minimum absolute atomic E-state index is 0.331.